The molecule has 0 nitrogen and oxygen atoms in total. The van der Waals surface area contributed by atoms with Gasteiger partial charge in [0.05, 0.1) is 0 Å². The predicted molar refractivity (Wildman–Crippen MR) is 73.5 cm³/mol. The van der Waals surface area contributed by atoms with Crippen molar-refractivity contribution in [2.24, 2.45) is 23.2 Å². The summed E-state index contributed by atoms with van der Waals surface area (Å²) in [4.78, 5) is 0. The van der Waals surface area contributed by atoms with Crippen molar-refractivity contribution in [3.63, 3.8) is 0 Å². The van der Waals surface area contributed by atoms with E-state index in [9.17, 15) is 0 Å². The quantitative estimate of drug-likeness (QED) is 0.555. The molecule has 1 unspecified atom stereocenters. The van der Waals surface area contributed by atoms with Gasteiger partial charge in [-0.05, 0) is 48.9 Å². The Balaban J connectivity index is 2.24. The standard InChI is InChI=1S/C16H30/c1-6-13(2)7-8-14-9-11-15(12-10-14)16(3,4)5/h6,13-15H,1,7-12H2,2-5H3. The van der Waals surface area contributed by atoms with Gasteiger partial charge in [-0.2, -0.15) is 0 Å². The second-order valence-electron chi connectivity index (χ2n) is 6.87. The largest absolute Gasteiger partial charge is 0.103 e. The van der Waals surface area contributed by atoms with Crippen molar-refractivity contribution >= 4 is 0 Å². The van der Waals surface area contributed by atoms with Gasteiger partial charge >= 0.3 is 0 Å². The molecule has 0 heteroatoms. The topological polar surface area (TPSA) is 0 Å². The smallest absolute Gasteiger partial charge is 0.0265 e. The summed E-state index contributed by atoms with van der Waals surface area (Å²) in [6.07, 6.45) is 10.7. The van der Waals surface area contributed by atoms with Gasteiger partial charge in [-0.3, -0.25) is 0 Å². The van der Waals surface area contributed by atoms with Crippen LogP contribution in [0.5, 0.6) is 0 Å². The summed E-state index contributed by atoms with van der Waals surface area (Å²) in [7, 11) is 0. The highest BCUT2D eigenvalue weighted by Gasteiger charge is 2.29. The summed E-state index contributed by atoms with van der Waals surface area (Å²) in [6.45, 7) is 13.4. The fourth-order valence-corrected chi connectivity index (χ4v) is 2.93. The van der Waals surface area contributed by atoms with E-state index >= 15 is 0 Å². The number of allylic oxidation sites excluding steroid dienone is 1. The molecule has 1 atom stereocenters. The third kappa shape index (κ3) is 4.31. The lowest BCUT2D eigenvalue weighted by Gasteiger charge is -2.37. The Morgan fingerprint density at radius 3 is 2.19 bits per heavy atom. The van der Waals surface area contributed by atoms with Crippen LogP contribution in [0.1, 0.15) is 66.2 Å². The molecule has 0 heterocycles. The zero-order chi connectivity index (χ0) is 12.2. The van der Waals surface area contributed by atoms with E-state index in [1.54, 1.807) is 0 Å². The van der Waals surface area contributed by atoms with Gasteiger partial charge in [0.25, 0.3) is 0 Å². The molecule has 16 heavy (non-hydrogen) atoms. The van der Waals surface area contributed by atoms with Crippen LogP contribution in [0, 0.1) is 23.2 Å². The van der Waals surface area contributed by atoms with E-state index in [0.717, 1.165) is 11.8 Å². The average Bonchev–Trinajstić information content (AvgIpc) is 2.25. The zero-order valence-electron chi connectivity index (χ0n) is 11.8. The van der Waals surface area contributed by atoms with Gasteiger partial charge in [-0.15, -0.1) is 6.58 Å². The fourth-order valence-electron chi connectivity index (χ4n) is 2.93. The molecule has 1 fully saturated rings. The van der Waals surface area contributed by atoms with Crippen molar-refractivity contribution in [2.75, 3.05) is 0 Å². The van der Waals surface area contributed by atoms with Gasteiger partial charge < -0.3 is 0 Å². The summed E-state index contributed by atoms with van der Waals surface area (Å²) >= 11 is 0. The number of rotatable bonds is 4. The molecule has 0 N–H and O–H groups in total. The Kier molecular flexibility index (Phi) is 5.08. The Labute approximate surface area is 103 Å². The molecule has 0 aromatic heterocycles. The summed E-state index contributed by atoms with van der Waals surface area (Å²) in [5.74, 6) is 2.67. The Morgan fingerprint density at radius 2 is 1.75 bits per heavy atom. The molecule has 0 saturated heterocycles. The molecule has 1 aliphatic carbocycles. The van der Waals surface area contributed by atoms with E-state index < -0.39 is 0 Å². The molecule has 0 aromatic carbocycles. The van der Waals surface area contributed by atoms with E-state index in [2.05, 4.69) is 40.3 Å². The number of hydrogen-bond donors (Lipinski definition) is 0. The summed E-state index contributed by atoms with van der Waals surface area (Å²) in [6, 6.07) is 0. The fraction of sp³-hybridized carbons (Fsp3) is 0.875. The first-order valence-corrected chi connectivity index (χ1v) is 7.06. The van der Waals surface area contributed by atoms with Crippen LogP contribution in [-0.2, 0) is 0 Å². The van der Waals surface area contributed by atoms with E-state index in [4.69, 9.17) is 0 Å². The molecule has 1 saturated carbocycles. The van der Waals surface area contributed by atoms with Crippen LogP contribution in [0.15, 0.2) is 12.7 Å². The molecule has 0 bridgehead atoms. The Bertz CT molecular complexity index is 201. The maximum Gasteiger partial charge on any atom is -0.0265 e. The monoisotopic (exact) mass is 222 g/mol. The van der Waals surface area contributed by atoms with Crippen molar-refractivity contribution in [1.82, 2.24) is 0 Å². The lowest BCUT2D eigenvalue weighted by atomic mass is 9.69. The molecular formula is C16H30. The molecule has 0 aromatic rings. The SMILES string of the molecule is C=CC(C)CCC1CCC(C(C)(C)C)CC1. The molecule has 0 radical (unpaired) electrons. The molecular weight excluding hydrogens is 192 g/mol. The van der Waals surface area contributed by atoms with Crippen molar-refractivity contribution in [3.05, 3.63) is 12.7 Å². The van der Waals surface area contributed by atoms with Gasteiger partial charge in [0.2, 0.25) is 0 Å². The van der Waals surface area contributed by atoms with Crippen LogP contribution in [-0.4, -0.2) is 0 Å². The van der Waals surface area contributed by atoms with Crippen LogP contribution >= 0.6 is 0 Å². The third-order valence-corrected chi connectivity index (χ3v) is 4.50. The van der Waals surface area contributed by atoms with Crippen LogP contribution in [0.4, 0.5) is 0 Å². The molecule has 0 aliphatic heterocycles. The van der Waals surface area contributed by atoms with E-state index in [0.29, 0.717) is 11.3 Å². The third-order valence-electron chi connectivity index (χ3n) is 4.50. The maximum atomic E-state index is 3.87. The maximum absolute atomic E-state index is 3.87. The minimum Gasteiger partial charge on any atom is -0.103 e. The highest BCUT2D eigenvalue weighted by atomic mass is 14.3. The van der Waals surface area contributed by atoms with Crippen LogP contribution in [0.2, 0.25) is 0 Å². The van der Waals surface area contributed by atoms with Crippen LogP contribution in [0.25, 0.3) is 0 Å². The highest BCUT2D eigenvalue weighted by Crippen LogP contribution is 2.41. The second-order valence-corrected chi connectivity index (χ2v) is 6.87. The molecule has 94 valence electrons. The van der Waals surface area contributed by atoms with Crippen molar-refractivity contribution in [3.8, 4) is 0 Å². The summed E-state index contributed by atoms with van der Waals surface area (Å²) in [5.41, 5.74) is 0.527. The Morgan fingerprint density at radius 1 is 1.19 bits per heavy atom. The summed E-state index contributed by atoms with van der Waals surface area (Å²) in [5, 5.41) is 0. The van der Waals surface area contributed by atoms with Crippen molar-refractivity contribution in [1.29, 1.82) is 0 Å². The number of hydrogen-bond acceptors (Lipinski definition) is 0. The second kappa shape index (κ2) is 5.89. The van der Waals surface area contributed by atoms with Gasteiger partial charge in [0.1, 0.15) is 0 Å². The lowest BCUT2D eigenvalue weighted by Crippen LogP contribution is -2.25. The van der Waals surface area contributed by atoms with Crippen molar-refractivity contribution in [2.45, 2.75) is 66.2 Å². The predicted octanol–water partition coefficient (Wildman–Crippen LogP) is 5.44. The Hall–Kier alpha value is -0.260. The minimum absolute atomic E-state index is 0.527. The normalized spacial score (nSPS) is 28.8. The molecule has 0 amide bonds. The average molecular weight is 222 g/mol. The first-order valence-electron chi connectivity index (χ1n) is 7.06. The summed E-state index contributed by atoms with van der Waals surface area (Å²) < 4.78 is 0. The van der Waals surface area contributed by atoms with E-state index in [1.807, 2.05) is 0 Å². The van der Waals surface area contributed by atoms with Crippen LogP contribution < -0.4 is 0 Å². The molecule has 1 rings (SSSR count). The van der Waals surface area contributed by atoms with E-state index in [-0.39, 0.29) is 0 Å². The first kappa shape index (κ1) is 13.8. The van der Waals surface area contributed by atoms with E-state index in [1.165, 1.54) is 38.5 Å². The van der Waals surface area contributed by atoms with Gasteiger partial charge in [0, 0.05) is 0 Å². The van der Waals surface area contributed by atoms with Gasteiger partial charge in [0.15, 0.2) is 0 Å². The highest BCUT2D eigenvalue weighted by molar-refractivity contribution is 4.82. The zero-order valence-corrected chi connectivity index (χ0v) is 11.8. The molecule has 1 aliphatic rings. The van der Waals surface area contributed by atoms with Crippen molar-refractivity contribution < 1.29 is 0 Å². The minimum atomic E-state index is 0.527. The van der Waals surface area contributed by atoms with Crippen LogP contribution in [0.3, 0.4) is 0 Å². The first-order chi connectivity index (χ1) is 7.43. The van der Waals surface area contributed by atoms with Gasteiger partial charge in [-0.1, -0.05) is 46.6 Å². The van der Waals surface area contributed by atoms with Gasteiger partial charge in [-0.25, -0.2) is 0 Å². The molecule has 0 spiro atoms. The lowest BCUT2D eigenvalue weighted by molar-refractivity contribution is 0.144.